The Morgan fingerprint density at radius 3 is 2.68 bits per heavy atom. The van der Waals surface area contributed by atoms with E-state index in [1.54, 1.807) is 25.2 Å². The van der Waals surface area contributed by atoms with Crippen molar-refractivity contribution < 1.29 is 13.9 Å². The van der Waals surface area contributed by atoms with E-state index in [1.165, 1.54) is 6.07 Å². The molecule has 1 amide bonds. The third-order valence-corrected chi connectivity index (χ3v) is 4.85. The van der Waals surface area contributed by atoms with Crippen molar-refractivity contribution in [2.24, 2.45) is 10.7 Å². The van der Waals surface area contributed by atoms with Crippen molar-refractivity contribution in [1.82, 2.24) is 10.6 Å². The number of hydrogen-bond acceptors (Lipinski definition) is 3. The van der Waals surface area contributed by atoms with Gasteiger partial charge in [-0.2, -0.15) is 0 Å². The van der Waals surface area contributed by atoms with Crippen LogP contribution in [-0.4, -0.2) is 32.1 Å². The summed E-state index contributed by atoms with van der Waals surface area (Å²) in [6.45, 7) is 1.08. The number of guanidine groups is 1. The SMILES string of the molecule is CN=C(NCc1cccc(OCC(N)=O)c1)NCC1(c2cccc(F)c2)CC1. The largest absolute Gasteiger partial charge is 0.484 e. The van der Waals surface area contributed by atoms with Crippen LogP contribution in [0.15, 0.2) is 53.5 Å². The molecule has 6 nitrogen and oxygen atoms in total. The van der Waals surface area contributed by atoms with Crippen LogP contribution >= 0.6 is 0 Å². The minimum atomic E-state index is -0.513. The van der Waals surface area contributed by atoms with Gasteiger partial charge < -0.3 is 21.1 Å². The molecule has 4 N–H and O–H groups in total. The molecule has 0 atom stereocenters. The van der Waals surface area contributed by atoms with Crippen LogP contribution < -0.4 is 21.1 Å². The number of hydrogen-bond donors (Lipinski definition) is 3. The van der Waals surface area contributed by atoms with Gasteiger partial charge in [-0.3, -0.25) is 9.79 Å². The van der Waals surface area contributed by atoms with E-state index in [0.717, 1.165) is 24.0 Å². The summed E-state index contributed by atoms with van der Waals surface area (Å²) in [6.07, 6.45) is 2.05. The van der Waals surface area contributed by atoms with Crippen molar-refractivity contribution in [3.05, 3.63) is 65.5 Å². The number of nitrogens with one attached hydrogen (secondary N) is 2. The molecular weight excluding hydrogens is 359 g/mol. The third-order valence-electron chi connectivity index (χ3n) is 4.85. The molecule has 1 aliphatic carbocycles. The lowest BCUT2D eigenvalue weighted by molar-refractivity contribution is -0.119. The normalized spacial score (nSPS) is 15.0. The molecule has 1 fully saturated rings. The van der Waals surface area contributed by atoms with E-state index in [4.69, 9.17) is 10.5 Å². The first-order valence-electron chi connectivity index (χ1n) is 9.21. The van der Waals surface area contributed by atoms with Crippen molar-refractivity contribution in [2.75, 3.05) is 20.2 Å². The van der Waals surface area contributed by atoms with E-state index >= 15 is 0 Å². The highest BCUT2D eigenvalue weighted by atomic mass is 19.1. The number of amides is 1. The van der Waals surface area contributed by atoms with E-state index in [0.29, 0.717) is 24.8 Å². The fourth-order valence-corrected chi connectivity index (χ4v) is 3.10. The van der Waals surface area contributed by atoms with Gasteiger partial charge in [0.15, 0.2) is 12.6 Å². The van der Waals surface area contributed by atoms with Gasteiger partial charge in [0.1, 0.15) is 11.6 Å². The Bertz CT molecular complexity index is 865. The van der Waals surface area contributed by atoms with Crippen LogP contribution in [-0.2, 0) is 16.8 Å². The fraction of sp³-hybridized carbons (Fsp3) is 0.333. The minimum Gasteiger partial charge on any atom is -0.484 e. The number of rotatable bonds is 8. The first kappa shape index (κ1) is 19.7. The van der Waals surface area contributed by atoms with Gasteiger partial charge in [0.05, 0.1) is 0 Å². The van der Waals surface area contributed by atoms with Crippen LogP contribution in [0.4, 0.5) is 4.39 Å². The fourth-order valence-electron chi connectivity index (χ4n) is 3.10. The second-order valence-electron chi connectivity index (χ2n) is 6.97. The molecule has 0 spiro atoms. The average molecular weight is 384 g/mol. The predicted octanol–water partition coefficient (Wildman–Crippen LogP) is 2.09. The highest BCUT2D eigenvalue weighted by molar-refractivity contribution is 5.79. The number of aliphatic imine (C=N–C) groups is 1. The van der Waals surface area contributed by atoms with Crippen LogP contribution in [0.5, 0.6) is 5.75 Å². The molecule has 0 unspecified atom stereocenters. The van der Waals surface area contributed by atoms with Crippen molar-refractivity contribution in [2.45, 2.75) is 24.8 Å². The lowest BCUT2D eigenvalue weighted by Crippen LogP contribution is -2.40. The highest BCUT2D eigenvalue weighted by Crippen LogP contribution is 2.47. The lowest BCUT2D eigenvalue weighted by atomic mass is 9.96. The Kier molecular flexibility index (Phi) is 6.13. The molecular formula is C21H25FN4O2. The maximum atomic E-state index is 13.5. The Morgan fingerprint density at radius 2 is 2.00 bits per heavy atom. The second kappa shape index (κ2) is 8.73. The van der Waals surface area contributed by atoms with Gasteiger partial charge >= 0.3 is 0 Å². The summed E-state index contributed by atoms with van der Waals surface area (Å²) in [5, 5.41) is 6.60. The summed E-state index contributed by atoms with van der Waals surface area (Å²) in [4.78, 5) is 15.1. The molecule has 0 heterocycles. The van der Waals surface area contributed by atoms with Gasteiger partial charge in [-0.15, -0.1) is 0 Å². The summed E-state index contributed by atoms with van der Waals surface area (Å²) in [7, 11) is 1.71. The summed E-state index contributed by atoms with van der Waals surface area (Å²) >= 11 is 0. The summed E-state index contributed by atoms with van der Waals surface area (Å²) in [5.41, 5.74) is 7.08. The molecule has 0 bridgehead atoms. The average Bonchev–Trinajstić information content (AvgIpc) is 3.48. The van der Waals surface area contributed by atoms with Crippen molar-refractivity contribution in [3.63, 3.8) is 0 Å². The molecule has 7 heteroatoms. The van der Waals surface area contributed by atoms with Gasteiger partial charge in [-0.25, -0.2) is 4.39 Å². The number of carbonyl (C=O) groups is 1. The van der Waals surface area contributed by atoms with Crippen LogP contribution in [0, 0.1) is 5.82 Å². The van der Waals surface area contributed by atoms with E-state index in [-0.39, 0.29) is 17.8 Å². The summed E-state index contributed by atoms with van der Waals surface area (Å²) in [6, 6.07) is 14.2. The van der Waals surface area contributed by atoms with E-state index in [1.807, 2.05) is 24.3 Å². The number of nitrogens with two attached hydrogens (primary N) is 1. The maximum absolute atomic E-state index is 13.5. The molecule has 2 aromatic carbocycles. The predicted molar refractivity (Wildman–Crippen MR) is 107 cm³/mol. The Labute approximate surface area is 164 Å². The molecule has 1 aliphatic rings. The minimum absolute atomic E-state index is 0.0256. The van der Waals surface area contributed by atoms with Crippen LogP contribution in [0.2, 0.25) is 0 Å². The number of ether oxygens (including phenoxy) is 1. The van der Waals surface area contributed by atoms with Crippen molar-refractivity contribution in [3.8, 4) is 5.75 Å². The second-order valence-corrected chi connectivity index (χ2v) is 6.97. The molecule has 1 saturated carbocycles. The summed E-state index contributed by atoms with van der Waals surface area (Å²) in [5.74, 6) is 0.542. The smallest absolute Gasteiger partial charge is 0.255 e. The Hall–Kier alpha value is -3.09. The van der Waals surface area contributed by atoms with E-state index in [2.05, 4.69) is 15.6 Å². The quantitative estimate of drug-likeness (QED) is 0.480. The van der Waals surface area contributed by atoms with Gasteiger partial charge in [0.25, 0.3) is 5.91 Å². The number of nitrogens with zero attached hydrogens (tertiary/aromatic N) is 1. The van der Waals surface area contributed by atoms with Gasteiger partial charge in [0.2, 0.25) is 0 Å². The lowest BCUT2D eigenvalue weighted by Gasteiger charge is -2.19. The number of carbonyl (C=O) groups excluding carboxylic acids is 1. The molecule has 0 aromatic heterocycles. The Balaban J connectivity index is 1.53. The molecule has 28 heavy (non-hydrogen) atoms. The summed E-state index contributed by atoms with van der Waals surface area (Å²) < 4.78 is 18.9. The van der Waals surface area contributed by atoms with Crippen LogP contribution in [0.25, 0.3) is 0 Å². The highest BCUT2D eigenvalue weighted by Gasteiger charge is 2.44. The molecule has 148 valence electrons. The molecule has 0 radical (unpaired) electrons. The zero-order valence-corrected chi connectivity index (χ0v) is 15.9. The first-order chi connectivity index (χ1) is 13.5. The van der Waals surface area contributed by atoms with Crippen molar-refractivity contribution >= 4 is 11.9 Å². The molecule has 0 aliphatic heterocycles. The Morgan fingerprint density at radius 1 is 1.21 bits per heavy atom. The van der Waals surface area contributed by atoms with Crippen LogP contribution in [0.1, 0.15) is 24.0 Å². The van der Waals surface area contributed by atoms with Gasteiger partial charge in [-0.05, 0) is 48.2 Å². The first-order valence-corrected chi connectivity index (χ1v) is 9.21. The number of primary amides is 1. The van der Waals surface area contributed by atoms with E-state index in [9.17, 15) is 9.18 Å². The monoisotopic (exact) mass is 384 g/mol. The molecule has 0 saturated heterocycles. The maximum Gasteiger partial charge on any atom is 0.255 e. The third kappa shape index (κ3) is 5.22. The van der Waals surface area contributed by atoms with Gasteiger partial charge in [-0.1, -0.05) is 24.3 Å². The van der Waals surface area contributed by atoms with Crippen LogP contribution in [0.3, 0.4) is 0 Å². The standard InChI is InChI=1S/C21H25FN4O2/c1-24-20(25-12-15-4-2-7-18(10-15)28-13-19(23)27)26-14-21(8-9-21)16-5-3-6-17(22)11-16/h2-7,10-11H,8-9,12-14H2,1H3,(H2,23,27)(H2,24,25,26). The van der Waals surface area contributed by atoms with Crippen molar-refractivity contribution in [1.29, 1.82) is 0 Å². The number of halogens is 1. The topological polar surface area (TPSA) is 88.7 Å². The number of benzene rings is 2. The molecule has 2 aromatic rings. The zero-order valence-electron chi connectivity index (χ0n) is 15.9. The van der Waals surface area contributed by atoms with E-state index < -0.39 is 5.91 Å². The van der Waals surface area contributed by atoms with Gasteiger partial charge in [0, 0.05) is 25.6 Å². The molecule has 3 rings (SSSR count). The zero-order chi connectivity index (χ0) is 20.0.